The van der Waals surface area contributed by atoms with Crippen molar-refractivity contribution in [2.24, 2.45) is 0 Å². The van der Waals surface area contributed by atoms with Crippen LogP contribution in [0.1, 0.15) is 30.1 Å². The number of piperidine rings is 1. The van der Waals surface area contributed by atoms with E-state index in [1.54, 1.807) is 11.8 Å². The number of likely N-dealkylation sites (tertiary alicyclic amines) is 1. The number of nitro groups is 1. The van der Waals surface area contributed by atoms with Crippen LogP contribution in [0.5, 0.6) is 0 Å². The number of carbonyl (C=O) groups is 1. The normalized spacial score (nSPS) is 17.9. The number of nitrogens with zero attached hydrogens (tertiary/aromatic N) is 2. The van der Waals surface area contributed by atoms with Gasteiger partial charge >= 0.3 is 0 Å². The largest absolute Gasteiger partial charge is 0.390 e. The van der Waals surface area contributed by atoms with Gasteiger partial charge in [-0.15, -0.1) is 0 Å². The van der Waals surface area contributed by atoms with Gasteiger partial charge in [-0.05, 0) is 31.9 Å². The highest BCUT2D eigenvalue weighted by Crippen LogP contribution is 2.27. The third-order valence-electron chi connectivity index (χ3n) is 3.52. The summed E-state index contributed by atoms with van der Waals surface area (Å²) in [6, 6.07) is 4.02. The van der Waals surface area contributed by atoms with Crippen LogP contribution in [0.3, 0.4) is 0 Å². The molecule has 0 aliphatic carbocycles. The van der Waals surface area contributed by atoms with Crippen molar-refractivity contribution >= 4 is 23.2 Å². The molecule has 6 nitrogen and oxygen atoms in total. The Hall–Kier alpha value is -1.66. The monoisotopic (exact) mass is 298 g/mol. The fraction of sp³-hybridized carbons (Fsp3) is 0.462. The molecule has 7 heteroatoms. The smallest absolute Gasteiger partial charge is 0.288 e. The summed E-state index contributed by atoms with van der Waals surface area (Å²) in [5.41, 5.74) is -0.785. The van der Waals surface area contributed by atoms with Crippen molar-refractivity contribution in [3.8, 4) is 0 Å². The molecule has 108 valence electrons. The van der Waals surface area contributed by atoms with Crippen molar-refractivity contribution in [3.63, 3.8) is 0 Å². The summed E-state index contributed by atoms with van der Waals surface area (Å²) >= 11 is 5.72. The molecule has 1 aromatic carbocycles. The highest BCUT2D eigenvalue weighted by atomic mass is 35.5. The second-order valence-corrected chi connectivity index (χ2v) is 5.62. The van der Waals surface area contributed by atoms with E-state index in [9.17, 15) is 20.0 Å². The van der Waals surface area contributed by atoms with Gasteiger partial charge in [0.15, 0.2) is 0 Å². The van der Waals surface area contributed by atoms with E-state index >= 15 is 0 Å². The number of rotatable bonds is 2. The number of amides is 1. The number of nitro benzene ring substituents is 1. The fourth-order valence-electron chi connectivity index (χ4n) is 2.16. The van der Waals surface area contributed by atoms with E-state index in [2.05, 4.69) is 0 Å². The minimum Gasteiger partial charge on any atom is -0.390 e. The van der Waals surface area contributed by atoms with Crippen molar-refractivity contribution in [1.29, 1.82) is 0 Å². The standard InChI is InChI=1S/C13H15ClN2O4/c1-13(18)4-6-15(7-5-13)12(17)9-2-3-10(14)11(8-9)16(19)20/h2-3,8,18H,4-7H2,1H3. The highest BCUT2D eigenvalue weighted by molar-refractivity contribution is 6.32. The maximum atomic E-state index is 12.3. The number of carbonyl (C=O) groups excluding carboxylic acids is 1. The molecule has 1 fully saturated rings. The molecule has 1 N–H and O–H groups in total. The summed E-state index contributed by atoms with van der Waals surface area (Å²) in [4.78, 5) is 24.1. The van der Waals surface area contributed by atoms with Gasteiger partial charge in [0.1, 0.15) is 5.02 Å². The van der Waals surface area contributed by atoms with Crippen LogP contribution in [0.4, 0.5) is 5.69 Å². The van der Waals surface area contributed by atoms with Crippen molar-refractivity contribution < 1.29 is 14.8 Å². The summed E-state index contributed by atoms with van der Waals surface area (Å²) in [5.74, 6) is -0.278. The van der Waals surface area contributed by atoms with Gasteiger partial charge in [-0.2, -0.15) is 0 Å². The van der Waals surface area contributed by atoms with Crippen molar-refractivity contribution in [1.82, 2.24) is 4.90 Å². The molecule has 0 radical (unpaired) electrons. The molecule has 1 saturated heterocycles. The van der Waals surface area contributed by atoms with Gasteiger partial charge in [-0.25, -0.2) is 0 Å². The summed E-state index contributed by atoms with van der Waals surface area (Å²) < 4.78 is 0. The molecule has 0 unspecified atom stereocenters. The average Bonchev–Trinajstić information content (AvgIpc) is 2.38. The van der Waals surface area contributed by atoms with Crippen LogP contribution in [0.25, 0.3) is 0 Å². The quantitative estimate of drug-likeness (QED) is 0.670. The Balaban J connectivity index is 2.18. The number of aliphatic hydroxyl groups is 1. The van der Waals surface area contributed by atoms with E-state index in [1.165, 1.54) is 18.2 Å². The molecule has 1 aliphatic rings. The lowest BCUT2D eigenvalue weighted by atomic mass is 9.93. The van der Waals surface area contributed by atoms with E-state index in [0.717, 1.165) is 0 Å². The van der Waals surface area contributed by atoms with Crippen LogP contribution in [0, 0.1) is 10.1 Å². The molecule has 2 rings (SSSR count). The van der Waals surface area contributed by atoms with Crippen LogP contribution in [-0.4, -0.2) is 39.5 Å². The molecule has 0 atom stereocenters. The Labute approximate surface area is 121 Å². The minimum absolute atomic E-state index is 0.00753. The summed E-state index contributed by atoms with van der Waals surface area (Å²) in [7, 11) is 0. The molecular formula is C13H15ClN2O4. The zero-order valence-electron chi connectivity index (χ0n) is 11.0. The van der Waals surface area contributed by atoms with Crippen LogP contribution in [0.15, 0.2) is 18.2 Å². The first-order chi connectivity index (χ1) is 9.30. The molecular weight excluding hydrogens is 284 g/mol. The molecule has 1 aromatic rings. The van der Waals surface area contributed by atoms with Crippen molar-refractivity contribution in [2.45, 2.75) is 25.4 Å². The molecule has 0 aromatic heterocycles. The van der Waals surface area contributed by atoms with Gasteiger partial charge in [0.2, 0.25) is 0 Å². The second-order valence-electron chi connectivity index (χ2n) is 5.21. The van der Waals surface area contributed by atoms with Gasteiger partial charge in [-0.3, -0.25) is 14.9 Å². The van der Waals surface area contributed by atoms with E-state index in [4.69, 9.17) is 11.6 Å². The van der Waals surface area contributed by atoms with Crippen LogP contribution < -0.4 is 0 Å². The molecule has 1 heterocycles. The summed E-state index contributed by atoms with van der Waals surface area (Å²) in [6.07, 6.45) is 0.989. The Bertz CT molecular complexity index is 549. The van der Waals surface area contributed by atoms with Gasteiger partial charge in [0, 0.05) is 24.7 Å². The van der Waals surface area contributed by atoms with E-state index in [0.29, 0.717) is 25.9 Å². The lowest BCUT2D eigenvalue weighted by Crippen LogP contribution is -2.45. The van der Waals surface area contributed by atoms with E-state index < -0.39 is 10.5 Å². The zero-order valence-corrected chi connectivity index (χ0v) is 11.8. The summed E-state index contributed by atoms with van der Waals surface area (Å²) in [5, 5.41) is 20.7. The van der Waals surface area contributed by atoms with Crippen LogP contribution >= 0.6 is 11.6 Å². The zero-order chi connectivity index (χ0) is 14.9. The lowest BCUT2D eigenvalue weighted by molar-refractivity contribution is -0.384. The molecule has 0 saturated carbocycles. The number of halogens is 1. The number of hydrogen-bond acceptors (Lipinski definition) is 4. The van der Waals surface area contributed by atoms with Crippen LogP contribution in [-0.2, 0) is 0 Å². The predicted octanol–water partition coefficient (Wildman–Crippen LogP) is 2.24. The van der Waals surface area contributed by atoms with Crippen LogP contribution in [0.2, 0.25) is 5.02 Å². The molecule has 1 amide bonds. The van der Waals surface area contributed by atoms with E-state index in [1.807, 2.05) is 0 Å². The Morgan fingerprint density at radius 1 is 1.45 bits per heavy atom. The van der Waals surface area contributed by atoms with Crippen molar-refractivity contribution in [2.75, 3.05) is 13.1 Å². The Morgan fingerprint density at radius 3 is 2.60 bits per heavy atom. The lowest BCUT2D eigenvalue weighted by Gasteiger charge is -2.35. The third kappa shape index (κ3) is 3.08. The Morgan fingerprint density at radius 2 is 2.05 bits per heavy atom. The van der Waals surface area contributed by atoms with Gasteiger partial charge in [0.05, 0.1) is 10.5 Å². The Kier molecular flexibility index (Phi) is 3.96. The summed E-state index contributed by atoms with van der Waals surface area (Å²) in [6.45, 7) is 2.60. The molecule has 20 heavy (non-hydrogen) atoms. The highest BCUT2D eigenvalue weighted by Gasteiger charge is 2.30. The molecule has 0 bridgehead atoms. The van der Waals surface area contributed by atoms with Gasteiger partial charge < -0.3 is 10.0 Å². The number of benzene rings is 1. The topological polar surface area (TPSA) is 83.7 Å². The molecule has 1 aliphatic heterocycles. The second kappa shape index (κ2) is 5.38. The first-order valence-electron chi connectivity index (χ1n) is 6.26. The maximum Gasteiger partial charge on any atom is 0.288 e. The van der Waals surface area contributed by atoms with Gasteiger partial charge in [0.25, 0.3) is 11.6 Å². The SMILES string of the molecule is CC1(O)CCN(C(=O)c2ccc(Cl)c([N+](=O)[O-])c2)CC1. The first kappa shape index (κ1) is 14.7. The minimum atomic E-state index is -0.747. The first-order valence-corrected chi connectivity index (χ1v) is 6.63. The van der Waals surface area contributed by atoms with Crippen molar-refractivity contribution in [3.05, 3.63) is 38.9 Å². The van der Waals surface area contributed by atoms with Gasteiger partial charge in [-0.1, -0.05) is 11.6 Å². The predicted molar refractivity (Wildman–Crippen MR) is 73.9 cm³/mol. The fourth-order valence-corrected chi connectivity index (χ4v) is 2.35. The third-order valence-corrected chi connectivity index (χ3v) is 3.84. The average molecular weight is 299 g/mol. The van der Waals surface area contributed by atoms with E-state index in [-0.39, 0.29) is 22.2 Å². The maximum absolute atomic E-state index is 12.3. The molecule has 0 spiro atoms. The number of hydrogen-bond donors (Lipinski definition) is 1.